The molecule has 1 N–H and O–H groups in total. The monoisotopic (exact) mass is 1010 g/mol. The van der Waals surface area contributed by atoms with Crippen LogP contribution in [-0.2, 0) is 35.2 Å². The van der Waals surface area contributed by atoms with Gasteiger partial charge in [-0.3, -0.25) is 24.0 Å². The van der Waals surface area contributed by atoms with Crippen LogP contribution in [0.3, 0.4) is 0 Å². The lowest BCUT2D eigenvalue weighted by atomic mass is 9.49. The van der Waals surface area contributed by atoms with Gasteiger partial charge in [0.05, 0.1) is 33.7 Å². The molecule has 2 aliphatic carbocycles. The maximum absolute atomic E-state index is 14.4. The van der Waals surface area contributed by atoms with Crippen molar-refractivity contribution < 1.29 is 38.2 Å². The minimum absolute atomic E-state index is 0.0189. The molecule has 1 aromatic heterocycles. The number of benzene rings is 3. The van der Waals surface area contributed by atoms with Crippen LogP contribution < -0.4 is 10.1 Å². The number of fused-ring (bicyclic) bond motifs is 1. The lowest BCUT2D eigenvalue weighted by Gasteiger charge is -2.65. The summed E-state index contributed by atoms with van der Waals surface area (Å²) in [5.41, 5.74) is 6.24. The first kappa shape index (κ1) is 53.9. The second-order valence-electron chi connectivity index (χ2n) is 22.0. The zero-order valence-electron chi connectivity index (χ0n) is 43.2. The molecule has 2 amide bonds. The molecule has 0 saturated heterocycles. The van der Waals surface area contributed by atoms with Crippen molar-refractivity contribution in [3.63, 3.8) is 0 Å². The number of Topliss-reactive ketones (excluding diaryl/α,β-unsaturated/α-hetero) is 2. The van der Waals surface area contributed by atoms with Crippen LogP contribution in [0.5, 0.6) is 5.75 Å². The standard InChI is InChI=1S/C58H67ClN4O8S/c1-34(38-19-21-39(22-20-38)51-35(2)61-33-72-51)26-48(65)44-28-42(70-36(3)64)29-45(44)50(67)52(56(4,5)6)62-49(66)32-69-25-15-13-12-14-16-37-17-18-40-31-63(53(68)43(40)27-37)54-57(7,8)55(58(54,9)10)71-41-23-24-47(60-11)46(59)30-41/h17-24,27,30,33-34,42,44-45,52,54-55H,12-13,15,25-26,28-29,31-32H2,1-10H3,(H,62,66)/t34-,42-,44-,45?,52-,54?,55?/m1/s1. The van der Waals surface area contributed by atoms with Crippen LogP contribution in [0.4, 0.5) is 5.69 Å². The van der Waals surface area contributed by atoms with Gasteiger partial charge in [-0.1, -0.05) is 115 Å². The molecule has 0 spiro atoms. The van der Waals surface area contributed by atoms with E-state index < -0.39 is 41.3 Å². The molecular formula is C58H67ClN4O8S. The van der Waals surface area contributed by atoms with Gasteiger partial charge in [0.2, 0.25) is 11.6 Å². The summed E-state index contributed by atoms with van der Waals surface area (Å²) in [6.45, 7) is 27.3. The molecule has 0 radical (unpaired) electrons. The largest absolute Gasteiger partial charge is 0.489 e. The Morgan fingerprint density at radius 2 is 1.71 bits per heavy atom. The zero-order valence-corrected chi connectivity index (χ0v) is 44.7. The van der Waals surface area contributed by atoms with E-state index in [1.807, 2.05) is 87.5 Å². The van der Waals surface area contributed by atoms with E-state index in [0.717, 1.165) is 39.2 Å². The van der Waals surface area contributed by atoms with E-state index in [4.69, 9.17) is 32.4 Å². The van der Waals surface area contributed by atoms with Gasteiger partial charge < -0.3 is 24.4 Å². The normalized spacial score (nSPS) is 21.6. The van der Waals surface area contributed by atoms with E-state index in [1.165, 1.54) is 6.92 Å². The fourth-order valence-electron chi connectivity index (χ4n) is 11.6. The summed E-state index contributed by atoms with van der Waals surface area (Å²) >= 11 is 7.89. The van der Waals surface area contributed by atoms with Crippen LogP contribution in [0.25, 0.3) is 15.3 Å². The zero-order chi connectivity index (χ0) is 52.3. The van der Waals surface area contributed by atoms with Crippen LogP contribution >= 0.6 is 22.9 Å². The van der Waals surface area contributed by atoms with Gasteiger partial charge >= 0.3 is 5.97 Å². The van der Waals surface area contributed by atoms with E-state index in [2.05, 4.69) is 54.7 Å². The van der Waals surface area contributed by atoms with Crippen LogP contribution in [0.2, 0.25) is 5.02 Å². The van der Waals surface area contributed by atoms with Crippen molar-refractivity contribution in [3.8, 4) is 28.0 Å². The molecule has 1 unspecified atom stereocenters. The highest BCUT2D eigenvalue weighted by atomic mass is 35.5. The lowest BCUT2D eigenvalue weighted by molar-refractivity contribution is -0.199. The molecule has 4 aromatic rings. The van der Waals surface area contributed by atoms with Gasteiger partial charge in [-0.25, -0.2) is 9.83 Å². The third-order valence-corrected chi connectivity index (χ3v) is 16.0. The number of nitrogens with zero attached hydrogens (tertiary/aromatic N) is 3. The van der Waals surface area contributed by atoms with Gasteiger partial charge in [0.1, 0.15) is 30.3 Å². The topological polar surface area (TPSA) is 146 Å². The summed E-state index contributed by atoms with van der Waals surface area (Å²) in [6, 6.07) is 18.1. The van der Waals surface area contributed by atoms with Gasteiger partial charge in [-0.2, -0.15) is 0 Å². The number of amides is 2. The lowest BCUT2D eigenvalue weighted by Crippen LogP contribution is -2.74. The van der Waals surface area contributed by atoms with Gasteiger partial charge in [-0.15, -0.1) is 11.3 Å². The van der Waals surface area contributed by atoms with Crippen molar-refractivity contribution in [2.45, 2.75) is 145 Å². The maximum atomic E-state index is 14.4. The molecule has 12 nitrogen and oxygen atoms in total. The molecular weight excluding hydrogens is 948 g/mol. The Morgan fingerprint density at radius 1 is 1.00 bits per heavy atom. The Labute approximate surface area is 433 Å². The predicted molar refractivity (Wildman–Crippen MR) is 280 cm³/mol. The van der Waals surface area contributed by atoms with Gasteiger partial charge in [0, 0.05) is 72.8 Å². The number of rotatable bonds is 18. The summed E-state index contributed by atoms with van der Waals surface area (Å²) in [5, 5.41) is 3.27. The molecule has 14 heteroatoms. The molecule has 7 rings (SSSR count). The Hall–Kier alpha value is -5.86. The number of hydrogen-bond donors (Lipinski definition) is 1. The number of aromatic nitrogens is 1. The average Bonchev–Trinajstić information content (AvgIpc) is 4.03. The number of ether oxygens (including phenoxy) is 3. The Kier molecular flexibility index (Phi) is 16.5. The number of carbonyl (C=O) groups is 5. The molecule has 5 atom stereocenters. The number of carbonyl (C=O) groups excluding carboxylic acids is 5. The van der Waals surface area contributed by atoms with Gasteiger partial charge in [0.25, 0.3) is 5.91 Å². The quantitative estimate of drug-likeness (QED) is 0.0445. The van der Waals surface area contributed by atoms with Crippen LogP contribution in [0, 0.1) is 53.4 Å². The first-order valence-electron chi connectivity index (χ1n) is 24.9. The Bertz CT molecular complexity index is 2800. The van der Waals surface area contributed by atoms with Gasteiger partial charge in [-0.05, 0) is 84.9 Å². The van der Waals surface area contributed by atoms with E-state index in [1.54, 1.807) is 29.5 Å². The van der Waals surface area contributed by atoms with E-state index in [-0.39, 0.29) is 72.2 Å². The average molecular weight is 1020 g/mol. The molecule has 72 heavy (non-hydrogen) atoms. The number of nitrogens with one attached hydrogen (secondary N) is 1. The summed E-state index contributed by atoms with van der Waals surface area (Å²) < 4.78 is 17.8. The molecule has 0 bridgehead atoms. The van der Waals surface area contributed by atoms with E-state index >= 15 is 0 Å². The molecule has 3 aromatic carbocycles. The molecule has 380 valence electrons. The Balaban J connectivity index is 0.872. The number of hydrogen-bond acceptors (Lipinski definition) is 10. The van der Waals surface area contributed by atoms with Crippen molar-refractivity contribution in [1.29, 1.82) is 0 Å². The number of halogens is 1. The second kappa shape index (κ2) is 22.1. The molecule has 1 aliphatic heterocycles. The minimum Gasteiger partial charge on any atom is -0.489 e. The van der Waals surface area contributed by atoms with Crippen molar-refractivity contribution in [1.82, 2.24) is 15.2 Å². The van der Waals surface area contributed by atoms with Crippen molar-refractivity contribution in [2.24, 2.45) is 28.1 Å². The third-order valence-electron chi connectivity index (χ3n) is 14.7. The molecule has 3 aliphatic rings. The highest BCUT2D eigenvalue weighted by molar-refractivity contribution is 7.13. The number of esters is 1. The summed E-state index contributed by atoms with van der Waals surface area (Å²) in [7, 11) is 0. The first-order valence-corrected chi connectivity index (χ1v) is 26.1. The predicted octanol–water partition coefficient (Wildman–Crippen LogP) is 11.5. The SMILES string of the molecule is [C-]#[N+]c1ccc(OC2C(C)(C)C(N3Cc4ccc(C#CCCCCOCC(=O)N[C@H](C(=O)C5C[C@H](OC(C)=O)C[C@H]5C(=O)C[C@@H](C)c5ccc(-c6scnc6C)cc5)C(C)(C)C)cc4C3=O)C2(C)C)cc1Cl. The Morgan fingerprint density at radius 3 is 2.35 bits per heavy atom. The number of aryl methyl sites for hydroxylation is 1. The highest BCUT2D eigenvalue weighted by Gasteiger charge is 2.67. The molecule has 2 fully saturated rings. The number of unbranched alkanes of at least 4 members (excludes halogenated alkanes) is 2. The fourth-order valence-corrected chi connectivity index (χ4v) is 12.6. The smallest absolute Gasteiger partial charge is 0.302 e. The summed E-state index contributed by atoms with van der Waals surface area (Å²) in [5.74, 6) is 4.32. The second-order valence-corrected chi connectivity index (χ2v) is 23.3. The van der Waals surface area contributed by atoms with Crippen molar-refractivity contribution in [2.75, 3.05) is 13.2 Å². The highest BCUT2D eigenvalue weighted by Crippen LogP contribution is 2.59. The van der Waals surface area contributed by atoms with Crippen molar-refractivity contribution >= 4 is 58.0 Å². The van der Waals surface area contributed by atoms with Crippen LogP contribution in [0.15, 0.2) is 66.2 Å². The van der Waals surface area contributed by atoms with Gasteiger partial charge in [0.15, 0.2) is 5.78 Å². The molecule has 2 saturated carbocycles. The van der Waals surface area contributed by atoms with E-state index in [9.17, 15) is 24.0 Å². The van der Waals surface area contributed by atoms with Crippen LogP contribution in [0.1, 0.15) is 139 Å². The first-order chi connectivity index (χ1) is 34.0. The summed E-state index contributed by atoms with van der Waals surface area (Å²) in [4.78, 5) is 78.7. The van der Waals surface area contributed by atoms with Crippen molar-refractivity contribution in [3.05, 3.63) is 111 Å². The number of thiazole rings is 1. The third kappa shape index (κ3) is 11.8. The fraction of sp³-hybridized carbons (Fsp3) is 0.500. The number of ketones is 2. The van der Waals surface area contributed by atoms with Crippen LogP contribution in [-0.4, -0.2) is 76.7 Å². The molecule has 2 heterocycles. The minimum atomic E-state index is -0.899. The summed E-state index contributed by atoms with van der Waals surface area (Å²) in [6.07, 6.45) is 1.91. The maximum Gasteiger partial charge on any atom is 0.302 e. The van der Waals surface area contributed by atoms with E-state index in [0.29, 0.717) is 48.0 Å².